The molecular weight excluding hydrogens is 491 g/mol. The normalized spacial score (nSPS) is 17.2. The molecule has 0 radical (unpaired) electrons. The van der Waals surface area contributed by atoms with Gasteiger partial charge in [-0.05, 0) is 49.6 Å². The van der Waals surface area contributed by atoms with E-state index in [-0.39, 0.29) is 24.0 Å². The van der Waals surface area contributed by atoms with Crippen molar-refractivity contribution in [1.82, 2.24) is 4.90 Å². The number of likely N-dealkylation sites (tertiary alicyclic amines) is 1. The molecule has 164 valence electrons. The van der Waals surface area contributed by atoms with E-state index >= 15 is 0 Å². The number of ether oxygens (including phenoxy) is 2. The van der Waals surface area contributed by atoms with Gasteiger partial charge < -0.3 is 20.5 Å². The van der Waals surface area contributed by atoms with Crippen LogP contribution in [0.1, 0.15) is 37.3 Å². The van der Waals surface area contributed by atoms with Crippen molar-refractivity contribution in [3.8, 4) is 11.5 Å². The summed E-state index contributed by atoms with van der Waals surface area (Å²) >= 11 is 0. The minimum atomic E-state index is 0. The molecule has 1 saturated heterocycles. The molecule has 2 aromatic carbocycles. The molecule has 1 aliphatic heterocycles. The molecule has 3 rings (SSSR count). The van der Waals surface area contributed by atoms with Gasteiger partial charge >= 0.3 is 0 Å². The van der Waals surface area contributed by atoms with Crippen LogP contribution in [0.25, 0.3) is 0 Å². The lowest BCUT2D eigenvalue weighted by atomic mass is 10.0. The highest BCUT2D eigenvalue weighted by Gasteiger charge is 2.19. The number of rotatable bonds is 7. The smallest absolute Gasteiger partial charge is 0.193 e. The maximum atomic E-state index is 6.13. The van der Waals surface area contributed by atoms with Gasteiger partial charge in [-0.2, -0.15) is 0 Å². The van der Waals surface area contributed by atoms with Crippen LogP contribution < -0.4 is 20.5 Å². The van der Waals surface area contributed by atoms with Gasteiger partial charge in [-0.3, -0.25) is 4.90 Å². The highest BCUT2D eigenvalue weighted by atomic mass is 127. The molecule has 1 atom stereocenters. The van der Waals surface area contributed by atoms with Gasteiger partial charge in [-0.15, -0.1) is 24.0 Å². The minimum Gasteiger partial charge on any atom is -0.493 e. The van der Waals surface area contributed by atoms with Crippen LogP contribution in [0.5, 0.6) is 11.5 Å². The van der Waals surface area contributed by atoms with Crippen molar-refractivity contribution in [3.63, 3.8) is 0 Å². The van der Waals surface area contributed by atoms with Gasteiger partial charge in [0.15, 0.2) is 17.5 Å². The summed E-state index contributed by atoms with van der Waals surface area (Å²) in [5.41, 5.74) is 9.47. The van der Waals surface area contributed by atoms with Crippen molar-refractivity contribution in [2.24, 2.45) is 10.7 Å². The number of piperidine rings is 1. The summed E-state index contributed by atoms with van der Waals surface area (Å²) in [6.07, 6.45) is 3.90. The van der Waals surface area contributed by atoms with E-state index in [1.54, 1.807) is 14.2 Å². The predicted molar refractivity (Wildman–Crippen MR) is 134 cm³/mol. The summed E-state index contributed by atoms with van der Waals surface area (Å²) in [6.45, 7) is 5.01. The van der Waals surface area contributed by atoms with E-state index in [4.69, 9.17) is 15.2 Å². The fourth-order valence-corrected chi connectivity index (χ4v) is 3.75. The molecule has 0 spiro atoms. The van der Waals surface area contributed by atoms with Gasteiger partial charge in [-0.1, -0.05) is 30.7 Å². The first-order chi connectivity index (χ1) is 14.1. The van der Waals surface area contributed by atoms with Crippen LogP contribution in [0.15, 0.2) is 47.5 Å². The Morgan fingerprint density at radius 1 is 1.10 bits per heavy atom. The molecule has 3 N–H and O–H groups in total. The van der Waals surface area contributed by atoms with Crippen molar-refractivity contribution >= 4 is 35.6 Å². The Balaban J connectivity index is 0.00000320. The van der Waals surface area contributed by atoms with Crippen LogP contribution in [0.3, 0.4) is 0 Å². The molecule has 0 amide bonds. The Morgan fingerprint density at radius 3 is 2.53 bits per heavy atom. The number of nitrogens with two attached hydrogens (primary N) is 1. The summed E-state index contributed by atoms with van der Waals surface area (Å²) in [6, 6.07) is 14.7. The van der Waals surface area contributed by atoms with Crippen LogP contribution in [-0.2, 0) is 13.1 Å². The zero-order valence-corrected chi connectivity index (χ0v) is 20.4. The number of anilines is 1. The highest BCUT2D eigenvalue weighted by molar-refractivity contribution is 14.0. The second kappa shape index (κ2) is 12.0. The van der Waals surface area contributed by atoms with E-state index in [0.29, 0.717) is 30.0 Å². The van der Waals surface area contributed by atoms with E-state index in [2.05, 4.69) is 46.4 Å². The number of aliphatic imine (C=N–C) groups is 1. The maximum Gasteiger partial charge on any atom is 0.193 e. The third-order valence-corrected chi connectivity index (χ3v) is 5.51. The average Bonchev–Trinajstić information content (AvgIpc) is 2.74. The fraction of sp³-hybridized carbons (Fsp3) is 0.435. The number of nitrogens with zero attached hydrogens (tertiary/aromatic N) is 2. The van der Waals surface area contributed by atoms with Gasteiger partial charge in [0.05, 0.1) is 20.8 Å². The summed E-state index contributed by atoms with van der Waals surface area (Å²) in [5.74, 6) is 1.69. The van der Waals surface area contributed by atoms with E-state index in [9.17, 15) is 0 Å². The lowest BCUT2D eigenvalue weighted by Crippen LogP contribution is -2.37. The molecule has 1 aliphatic rings. The quantitative estimate of drug-likeness (QED) is 0.314. The third-order valence-electron chi connectivity index (χ3n) is 5.51. The molecule has 30 heavy (non-hydrogen) atoms. The van der Waals surface area contributed by atoms with Crippen molar-refractivity contribution in [1.29, 1.82) is 0 Å². The van der Waals surface area contributed by atoms with Gasteiger partial charge in [-0.25, -0.2) is 4.99 Å². The minimum absolute atomic E-state index is 0. The maximum absolute atomic E-state index is 6.13. The zero-order chi connectivity index (χ0) is 20.6. The largest absolute Gasteiger partial charge is 0.493 e. The van der Waals surface area contributed by atoms with Gasteiger partial charge in [0, 0.05) is 24.3 Å². The Labute approximate surface area is 196 Å². The first kappa shape index (κ1) is 24.3. The molecule has 0 aliphatic carbocycles. The molecule has 0 saturated carbocycles. The van der Waals surface area contributed by atoms with Crippen LogP contribution in [0.2, 0.25) is 0 Å². The number of hydrogen-bond donors (Lipinski definition) is 2. The number of nitrogens with one attached hydrogen (secondary N) is 1. The van der Waals surface area contributed by atoms with E-state index in [0.717, 1.165) is 12.2 Å². The molecule has 6 nitrogen and oxygen atoms in total. The molecule has 0 bridgehead atoms. The molecule has 1 unspecified atom stereocenters. The fourth-order valence-electron chi connectivity index (χ4n) is 3.75. The zero-order valence-electron chi connectivity index (χ0n) is 18.1. The Kier molecular flexibility index (Phi) is 9.71. The molecule has 7 heteroatoms. The van der Waals surface area contributed by atoms with Crippen LogP contribution in [0.4, 0.5) is 5.69 Å². The second-order valence-electron chi connectivity index (χ2n) is 7.48. The summed E-state index contributed by atoms with van der Waals surface area (Å²) in [7, 11) is 3.22. The number of halogens is 1. The van der Waals surface area contributed by atoms with Crippen molar-refractivity contribution in [3.05, 3.63) is 53.6 Å². The lowest BCUT2D eigenvalue weighted by molar-refractivity contribution is 0.152. The summed E-state index contributed by atoms with van der Waals surface area (Å²) in [4.78, 5) is 7.12. The van der Waals surface area contributed by atoms with Crippen molar-refractivity contribution < 1.29 is 9.47 Å². The summed E-state index contributed by atoms with van der Waals surface area (Å²) in [5, 5.41) is 3.13. The van der Waals surface area contributed by atoms with Crippen LogP contribution in [-0.4, -0.2) is 37.7 Å². The first-order valence-corrected chi connectivity index (χ1v) is 10.2. The standard InChI is InChI=1S/C23H32N4O2.HI/c1-17-8-6-7-13-27(17)16-19-10-5-4-9-18(19)15-25-23(24)26-20-11-12-21(28-2)22(14-20)29-3;/h4-5,9-12,14,17H,6-8,13,15-16H2,1-3H3,(H3,24,25,26);1H. The Hall–Kier alpha value is -2.00. The van der Waals surface area contributed by atoms with Crippen LogP contribution >= 0.6 is 24.0 Å². The predicted octanol–water partition coefficient (Wildman–Crippen LogP) is 4.62. The third kappa shape index (κ3) is 6.50. The number of hydrogen-bond acceptors (Lipinski definition) is 4. The average molecular weight is 524 g/mol. The van der Waals surface area contributed by atoms with Crippen molar-refractivity contribution in [2.75, 3.05) is 26.1 Å². The van der Waals surface area contributed by atoms with Gasteiger partial charge in [0.1, 0.15) is 0 Å². The lowest BCUT2D eigenvalue weighted by Gasteiger charge is -2.33. The molecule has 2 aromatic rings. The Bertz CT molecular complexity index is 844. The number of guanidine groups is 1. The number of benzene rings is 2. The van der Waals surface area contributed by atoms with Crippen LogP contribution in [0, 0.1) is 0 Å². The number of methoxy groups -OCH3 is 2. The van der Waals surface area contributed by atoms with E-state index < -0.39 is 0 Å². The molecule has 1 heterocycles. The monoisotopic (exact) mass is 524 g/mol. The summed E-state index contributed by atoms with van der Waals surface area (Å²) < 4.78 is 10.6. The van der Waals surface area contributed by atoms with E-state index in [1.807, 2.05) is 18.2 Å². The van der Waals surface area contributed by atoms with Gasteiger partial charge in [0.25, 0.3) is 0 Å². The van der Waals surface area contributed by atoms with Crippen molar-refractivity contribution in [2.45, 2.75) is 45.3 Å². The SMILES string of the molecule is COc1ccc(NC(N)=NCc2ccccc2CN2CCCCC2C)cc1OC.I. The topological polar surface area (TPSA) is 72.1 Å². The molecule has 1 fully saturated rings. The molecule has 0 aromatic heterocycles. The highest BCUT2D eigenvalue weighted by Crippen LogP contribution is 2.29. The second-order valence-corrected chi connectivity index (χ2v) is 7.48. The first-order valence-electron chi connectivity index (χ1n) is 10.2. The van der Waals surface area contributed by atoms with Gasteiger partial charge in [0.2, 0.25) is 0 Å². The Morgan fingerprint density at radius 2 is 1.83 bits per heavy atom. The van der Waals surface area contributed by atoms with E-state index in [1.165, 1.54) is 36.9 Å². The molecular formula is C23H33IN4O2.